The Bertz CT molecular complexity index is 286. The summed E-state index contributed by atoms with van der Waals surface area (Å²) in [6.07, 6.45) is 2.27. The van der Waals surface area contributed by atoms with Crippen LogP contribution in [-0.2, 0) is 9.31 Å². The van der Waals surface area contributed by atoms with Crippen LogP contribution in [-0.4, -0.2) is 32.0 Å². The Labute approximate surface area is 112 Å². The largest absolute Gasteiger partial charge is 0.486 e. The molecule has 18 heavy (non-hydrogen) atoms. The topological polar surface area (TPSA) is 38.7 Å². The van der Waals surface area contributed by atoms with Crippen LogP contribution in [0.3, 0.4) is 0 Å². The summed E-state index contributed by atoms with van der Waals surface area (Å²) in [7, 11) is -0.309. The molecular formula is C14H27BO3. The highest BCUT2D eigenvalue weighted by Gasteiger charge is 2.34. The number of rotatable bonds is 4. The fourth-order valence-electron chi connectivity index (χ4n) is 2.20. The van der Waals surface area contributed by atoms with E-state index in [4.69, 9.17) is 9.31 Å². The lowest BCUT2D eigenvalue weighted by atomic mass is 9.75. The Morgan fingerprint density at radius 1 is 1.33 bits per heavy atom. The van der Waals surface area contributed by atoms with Gasteiger partial charge in [0.25, 0.3) is 0 Å². The van der Waals surface area contributed by atoms with Crippen molar-refractivity contribution in [3.8, 4) is 0 Å². The smallest absolute Gasteiger partial charge is 0.407 e. The van der Waals surface area contributed by atoms with Gasteiger partial charge in [0.15, 0.2) is 0 Å². The Morgan fingerprint density at radius 3 is 2.28 bits per heavy atom. The first-order valence-electron chi connectivity index (χ1n) is 6.86. The molecule has 0 saturated carbocycles. The number of hydrogen-bond donors (Lipinski definition) is 1. The van der Waals surface area contributed by atoms with Crippen LogP contribution in [0.25, 0.3) is 0 Å². The van der Waals surface area contributed by atoms with Gasteiger partial charge in [0.05, 0.1) is 6.61 Å². The number of aliphatic hydroxyl groups excluding tert-OH is 1. The van der Waals surface area contributed by atoms with E-state index in [1.54, 1.807) is 0 Å². The standard InChI is InChI=1S/C14H27BO3/c1-6-7-14(5)10-17-15(18-11-14)8-12(9-16)13(2,3)4/h8,16H,6-7,9-11H2,1-5H3/b12-8+. The van der Waals surface area contributed by atoms with Gasteiger partial charge in [0.1, 0.15) is 0 Å². The van der Waals surface area contributed by atoms with Crippen molar-refractivity contribution in [1.29, 1.82) is 0 Å². The average Bonchev–Trinajstić information content (AvgIpc) is 2.27. The third kappa shape index (κ3) is 4.41. The lowest BCUT2D eigenvalue weighted by molar-refractivity contribution is 0.0151. The predicted molar refractivity (Wildman–Crippen MR) is 75.3 cm³/mol. The molecule has 0 aromatic carbocycles. The quantitative estimate of drug-likeness (QED) is 0.784. The zero-order chi connectivity index (χ0) is 13.8. The molecule has 0 unspecified atom stereocenters. The van der Waals surface area contributed by atoms with E-state index in [9.17, 15) is 5.11 Å². The summed E-state index contributed by atoms with van der Waals surface area (Å²) >= 11 is 0. The van der Waals surface area contributed by atoms with E-state index in [2.05, 4.69) is 34.6 Å². The molecule has 104 valence electrons. The zero-order valence-electron chi connectivity index (χ0n) is 12.5. The van der Waals surface area contributed by atoms with E-state index in [1.165, 1.54) is 0 Å². The van der Waals surface area contributed by atoms with E-state index in [-0.39, 0.29) is 24.6 Å². The van der Waals surface area contributed by atoms with E-state index < -0.39 is 0 Å². The fourth-order valence-corrected chi connectivity index (χ4v) is 2.20. The summed E-state index contributed by atoms with van der Waals surface area (Å²) in [5.74, 6) is 1.92. The van der Waals surface area contributed by atoms with Crippen molar-refractivity contribution in [3.63, 3.8) is 0 Å². The number of aliphatic hydroxyl groups is 1. The Morgan fingerprint density at radius 2 is 1.89 bits per heavy atom. The first-order valence-corrected chi connectivity index (χ1v) is 6.86. The van der Waals surface area contributed by atoms with Crippen molar-refractivity contribution in [2.24, 2.45) is 10.8 Å². The average molecular weight is 254 g/mol. The minimum absolute atomic E-state index is 0.0500. The van der Waals surface area contributed by atoms with Gasteiger partial charge in [-0.05, 0) is 17.4 Å². The van der Waals surface area contributed by atoms with Gasteiger partial charge < -0.3 is 14.4 Å². The molecule has 1 heterocycles. The molecule has 1 aliphatic heterocycles. The van der Waals surface area contributed by atoms with E-state index >= 15 is 0 Å². The maximum Gasteiger partial charge on any atom is 0.486 e. The third-order valence-electron chi connectivity index (χ3n) is 3.52. The van der Waals surface area contributed by atoms with Crippen LogP contribution in [0.2, 0.25) is 0 Å². The molecule has 0 radical (unpaired) electrons. The van der Waals surface area contributed by atoms with Crippen LogP contribution >= 0.6 is 0 Å². The molecule has 0 atom stereocenters. The summed E-state index contributed by atoms with van der Waals surface area (Å²) in [6.45, 7) is 12.1. The van der Waals surface area contributed by atoms with Gasteiger partial charge in [-0.2, -0.15) is 0 Å². The Balaban J connectivity index is 2.60. The summed E-state index contributed by atoms with van der Waals surface area (Å²) in [4.78, 5) is 0. The van der Waals surface area contributed by atoms with Crippen molar-refractivity contribution in [3.05, 3.63) is 11.5 Å². The Kier molecular flexibility index (Phi) is 5.44. The van der Waals surface area contributed by atoms with Crippen LogP contribution in [0.4, 0.5) is 0 Å². The van der Waals surface area contributed by atoms with E-state index in [0.717, 1.165) is 31.6 Å². The first-order chi connectivity index (χ1) is 8.30. The molecule has 1 aliphatic rings. The molecule has 1 fully saturated rings. The zero-order valence-corrected chi connectivity index (χ0v) is 12.5. The Hall–Kier alpha value is -0.315. The molecule has 1 rings (SSSR count). The van der Waals surface area contributed by atoms with Gasteiger partial charge in [0, 0.05) is 18.6 Å². The predicted octanol–water partition coefficient (Wildman–Crippen LogP) is 2.83. The highest BCUT2D eigenvalue weighted by atomic mass is 16.6. The molecule has 1 N–H and O–H groups in total. The molecule has 4 heteroatoms. The molecule has 3 nitrogen and oxygen atoms in total. The normalized spacial score (nSPS) is 21.2. The molecule has 0 aliphatic carbocycles. The second kappa shape index (κ2) is 6.22. The van der Waals surface area contributed by atoms with Gasteiger partial charge in [-0.1, -0.05) is 47.0 Å². The van der Waals surface area contributed by atoms with Crippen LogP contribution in [0.1, 0.15) is 47.5 Å². The second-order valence-electron chi connectivity index (χ2n) is 6.65. The van der Waals surface area contributed by atoms with Crippen LogP contribution < -0.4 is 0 Å². The SMILES string of the molecule is CCCC1(C)COB(/C=C(\CO)C(C)(C)C)OC1. The van der Waals surface area contributed by atoms with Crippen molar-refractivity contribution in [2.75, 3.05) is 19.8 Å². The van der Waals surface area contributed by atoms with Crippen LogP contribution in [0.15, 0.2) is 11.5 Å². The molecular weight excluding hydrogens is 227 g/mol. The summed E-state index contributed by atoms with van der Waals surface area (Å²) < 4.78 is 11.5. The highest BCUT2D eigenvalue weighted by Crippen LogP contribution is 2.30. The highest BCUT2D eigenvalue weighted by molar-refractivity contribution is 6.51. The first kappa shape index (κ1) is 15.7. The monoisotopic (exact) mass is 254 g/mol. The molecule has 0 aromatic heterocycles. The molecule has 0 aromatic rings. The maximum absolute atomic E-state index is 9.40. The van der Waals surface area contributed by atoms with E-state index in [1.807, 2.05) is 5.98 Å². The van der Waals surface area contributed by atoms with Gasteiger partial charge >= 0.3 is 7.12 Å². The summed E-state index contributed by atoms with van der Waals surface area (Å²) in [5.41, 5.74) is 1.05. The number of hydrogen-bond acceptors (Lipinski definition) is 3. The van der Waals surface area contributed by atoms with E-state index in [0.29, 0.717) is 0 Å². The maximum atomic E-state index is 9.40. The fraction of sp³-hybridized carbons (Fsp3) is 0.857. The van der Waals surface area contributed by atoms with Crippen molar-refractivity contribution in [2.45, 2.75) is 47.5 Å². The summed E-state index contributed by atoms with van der Waals surface area (Å²) in [5, 5.41) is 9.40. The minimum atomic E-state index is -0.309. The lowest BCUT2D eigenvalue weighted by Gasteiger charge is -2.36. The van der Waals surface area contributed by atoms with Gasteiger partial charge in [-0.3, -0.25) is 0 Å². The lowest BCUT2D eigenvalue weighted by Crippen LogP contribution is -2.42. The van der Waals surface area contributed by atoms with Crippen molar-refractivity contribution >= 4 is 7.12 Å². The van der Waals surface area contributed by atoms with Crippen molar-refractivity contribution in [1.82, 2.24) is 0 Å². The van der Waals surface area contributed by atoms with Crippen molar-refractivity contribution < 1.29 is 14.4 Å². The van der Waals surface area contributed by atoms with Gasteiger partial charge in [-0.25, -0.2) is 0 Å². The van der Waals surface area contributed by atoms with Gasteiger partial charge in [0.2, 0.25) is 0 Å². The second-order valence-corrected chi connectivity index (χ2v) is 6.65. The molecule has 0 spiro atoms. The molecule has 0 bridgehead atoms. The summed E-state index contributed by atoms with van der Waals surface area (Å²) in [6, 6.07) is 0. The minimum Gasteiger partial charge on any atom is -0.407 e. The molecule has 0 amide bonds. The van der Waals surface area contributed by atoms with Crippen LogP contribution in [0.5, 0.6) is 0 Å². The third-order valence-corrected chi connectivity index (χ3v) is 3.52. The van der Waals surface area contributed by atoms with Crippen LogP contribution in [0, 0.1) is 10.8 Å². The van der Waals surface area contributed by atoms with Gasteiger partial charge in [-0.15, -0.1) is 0 Å². The molecule has 1 saturated heterocycles.